The normalized spacial score (nSPS) is 11.5. The topological polar surface area (TPSA) is 67.3 Å². The summed E-state index contributed by atoms with van der Waals surface area (Å²) in [7, 11) is -3.54. The largest absolute Gasteiger partial charge is 0.343 e. The van der Waals surface area contributed by atoms with Crippen molar-refractivity contribution in [1.29, 1.82) is 0 Å². The van der Waals surface area contributed by atoms with Gasteiger partial charge in [-0.1, -0.05) is 17.7 Å². The van der Waals surface area contributed by atoms with Gasteiger partial charge in [0.25, 0.3) is 0 Å². The Hall–Kier alpha value is -1.44. The fourth-order valence-electron chi connectivity index (χ4n) is 2.50. The lowest BCUT2D eigenvalue weighted by molar-refractivity contribution is -0.130. The summed E-state index contributed by atoms with van der Waals surface area (Å²) in [5, 5.41) is 2.64. The monoisotopic (exact) mass is 400 g/mol. The number of carbonyl (C=O) groups excluding carboxylic acids is 1. The zero-order valence-corrected chi connectivity index (χ0v) is 16.8. The number of sulfone groups is 1. The zero-order chi connectivity index (χ0) is 18.6. The fraction of sp³-hybridized carbons (Fsp3) is 0.412. The van der Waals surface area contributed by atoms with Gasteiger partial charge in [0, 0.05) is 23.5 Å². The lowest BCUT2D eigenvalue weighted by Gasteiger charge is -2.17. The molecule has 2 aromatic rings. The molecule has 0 unspecified atom stereocenters. The van der Waals surface area contributed by atoms with Gasteiger partial charge in [0.2, 0.25) is 5.91 Å². The first-order valence-corrected chi connectivity index (χ1v) is 10.9. The summed E-state index contributed by atoms with van der Waals surface area (Å²) >= 11 is 7.28. The fourth-order valence-corrected chi connectivity index (χ4v) is 5.46. The van der Waals surface area contributed by atoms with E-state index in [1.165, 1.54) is 11.3 Å². The first-order chi connectivity index (χ1) is 11.8. The molecule has 136 valence electrons. The van der Waals surface area contributed by atoms with Crippen molar-refractivity contribution in [3.63, 3.8) is 0 Å². The van der Waals surface area contributed by atoms with Crippen LogP contribution < -0.4 is 0 Å². The summed E-state index contributed by atoms with van der Waals surface area (Å²) < 4.78 is 25.3. The second-order valence-electron chi connectivity index (χ2n) is 5.60. The van der Waals surface area contributed by atoms with Gasteiger partial charge in [0.05, 0.1) is 17.0 Å². The molecule has 0 fully saturated rings. The molecule has 0 atom stereocenters. The number of halogens is 1. The quantitative estimate of drug-likeness (QED) is 0.713. The molecule has 8 heteroatoms. The Morgan fingerprint density at radius 3 is 2.60 bits per heavy atom. The number of rotatable bonds is 7. The maximum absolute atomic E-state index is 12.6. The SMILES string of the molecule is CCN(CC)C(=O)Cc1csc(CS(=O)(=O)c2cccc(Cl)c2C)n1. The molecule has 0 aliphatic heterocycles. The summed E-state index contributed by atoms with van der Waals surface area (Å²) in [5.41, 5.74) is 1.15. The van der Waals surface area contributed by atoms with Crippen LogP contribution in [0.25, 0.3) is 0 Å². The molecule has 5 nitrogen and oxygen atoms in total. The highest BCUT2D eigenvalue weighted by atomic mass is 35.5. The average molecular weight is 401 g/mol. The first kappa shape index (κ1) is 19.9. The Morgan fingerprint density at radius 2 is 1.96 bits per heavy atom. The van der Waals surface area contributed by atoms with E-state index in [-0.39, 0.29) is 23.0 Å². The van der Waals surface area contributed by atoms with Crippen LogP contribution >= 0.6 is 22.9 Å². The third-order valence-corrected chi connectivity index (χ3v) is 7.17. The van der Waals surface area contributed by atoms with Crippen LogP contribution in [0.15, 0.2) is 28.5 Å². The van der Waals surface area contributed by atoms with Crippen molar-refractivity contribution in [2.45, 2.75) is 37.8 Å². The van der Waals surface area contributed by atoms with Gasteiger partial charge in [-0.3, -0.25) is 4.79 Å². The summed E-state index contributed by atoms with van der Waals surface area (Å²) in [6, 6.07) is 4.84. The summed E-state index contributed by atoms with van der Waals surface area (Å²) in [6.07, 6.45) is 0.189. The lowest BCUT2D eigenvalue weighted by atomic mass is 10.2. The number of carbonyl (C=O) groups is 1. The van der Waals surface area contributed by atoms with Crippen molar-refractivity contribution in [1.82, 2.24) is 9.88 Å². The molecule has 0 radical (unpaired) electrons. The molecular weight excluding hydrogens is 380 g/mol. The molecule has 1 amide bonds. The molecule has 1 aromatic carbocycles. The number of hydrogen-bond acceptors (Lipinski definition) is 5. The molecular formula is C17H21ClN2O3S2. The second kappa shape index (κ2) is 8.29. The van der Waals surface area contributed by atoms with E-state index in [1.54, 1.807) is 35.4 Å². The smallest absolute Gasteiger partial charge is 0.228 e. The summed E-state index contributed by atoms with van der Waals surface area (Å²) in [6.45, 7) is 6.83. The first-order valence-electron chi connectivity index (χ1n) is 7.97. The Kier molecular flexibility index (Phi) is 6.59. The van der Waals surface area contributed by atoms with Crippen molar-refractivity contribution in [3.05, 3.63) is 44.9 Å². The number of amides is 1. The van der Waals surface area contributed by atoms with Crippen molar-refractivity contribution in [2.75, 3.05) is 13.1 Å². The molecule has 0 aliphatic rings. The molecule has 2 rings (SSSR count). The van der Waals surface area contributed by atoms with Crippen LogP contribution in [0.3, 0.4) is 0 Å². The molecule has 0 bridgehead atoms. The minimum absolute atomic E-state index is 0.00427. The standard InChI is InChI=1S/C17H21ClN2O3S2/c1-4-20(5-2)17(21)9-13-10-24-16(19-13)11-25(22,23)15-8-6-7-14(18)12(15)3/h6-8,10H,4-5,9,11H2,1-3H3. The Balaban J connectivity index is 2.15. The molecule has 0 spiro atoms. The van der Waals surface area contributed by atoms with E-state index in [0.29, 0.717) is 34.4 Å². The van der Waals surface area contributed by atoms with Crippen LogP contribution in [0.4, 0.5) is 0 Å². The predicted octanol–water partition coefficient (Wildman–Crippen LogP) is 3.49. The number of nitrogens with zero attached hydrogens (tertiary/aromatic N) is 2. The highest BCUT2D eigenvalue weighted by molar-refractivity contribution is 7.90. The van der Waals surface area contributed by atoms with E-state index < -0.39 is 9.84 Å². The second-order valence-corrected chi connectivity index (χ2v) is 8.91. The highest BCUT2D eigenvalue weighted by Gasteiger charge is 2.21. The predicted molar refractivity (Wildman–Crippen MR) is 101 cm³/mol. The van der Waals surface area contributed by atoms with Crippen LogP contribution in [0, 0.1) is 6.92 Å². The molecule has 1 aromatic heterocycles. The van der Waals surface area contributed by atoms with E-state index in [2.05, 4.69) is 4.98 Å². The molecule has 1 heterocycles. The van der Waals surface area contributed by atoms with E-state index in [9.17, 15) is 13.2 Å². The molecule has 0 N–H and O–H groups in total. The van der Waals surface area contributed by atoms with Crippen molar-refractivity contribution in [2.24, 2.45) is 0 Å². The minimum Gasteiger partial charge on any atom is -0.343 e. The van der Waals surface area contributed by atoms with Crippen LogP contribution in [-0.2, 0) is 26.8 Å². The van der Waals surface area contributed by atoms with Gasteiger partial charge in [0.15, 0.2) is 9.84 Å². The number of aromatic nitrogens is 1. The summed E-state index contributed by atoms with van der Waals surface area (Å²) in [4.78, 5) is 18.4. The summed E-state index contributed by atoms with van der Waals surface area (Å²) in [5.74, 6) is -0.200. The maximum atomic E-state index is 12.6. The van der Waals surface area contributed by atoms with E-state index in [4.69, 9.17) is 11.6 Å². The zero-order valence-electron chi connectivity index (χ0n) is 14.5. The van der Waals surface area contributed by atoms with Crippen molar-refractivity contribution < 1.29 is 13.2 Å². The van der Waals surface area contributed by atoms with E-state index in [0.717, 1.165) is 0 Å². The molecule has 0 saturated heterocycles. The minimum atomic E-state index is -3.54. The van der Waals surface area contributed by atoms with E-state index >= 15 is 0 Å². The van der Waals surface area contributed by atoms with Gasteiger partial charge >= 0.3 is 0 Å². The Labute approximate surface area is 157 Å². The van der Waals surface area contributed by atoms with Gasteiger partial charge in [0.1, 0.15) is 10.8 Å². The molecule has 0 saturated carbocycles. The molecule has 0 aliphatic carbocycles. The third kappa shape index (κ3) is 4.80. The van der Waals surface area contributed by atoms with Gasteiger partial charge in [-0.2, -0.15) is 0 Å². The van der Waals surface area contributed by atoms with Crippen LogP contribution in [0.5, 0.6) is 0 Å². The average Bonchev–Trinajstić information content (AvgIpc) is 2.97. The van der Waals surface area contributed by atoms with E-state index in [1.807, 2.05) is 13.8 Å². The Bertz CT molecular complexity index is 859. The third-order valence-electron chi connectivity index (χ3n) is 3.91. The van der Waals surface area contributed by atoms with Crippen molar-refractivity contribution >= 4 is 38.7 Å². The van der Waals surface area contributed by atoms with Gasteiger partial charge in [-0.15, -0.1) is 11.3 Å². The maximum Gasteiger partial charge on any atom is 0.228 e. The van der Waals surface area contributed by atoms with Gasteiger partial charge < -0.3 is 4.90 Å². The molecule has 25 heavy (non-hydrogen) atoms. The Morgan fingerprint density at radius 1 is 1.28 bits per heavy atom. The van der Waals surface area contributed by atoms with Gasteiger partial charge in [-0.25, -0.2) is 13.4 Å². The lowest BCUT2D eigenvalue weighted by Crippen LogP contribution is -2.31. The number of benzene rings is 1. The van der Waals surface area contributed by atoms with Crippen molar-refractivity contribution in [3.8, 4) is 0 Å². The van der Waals surface area contributed by atoms with Crippen LogP contribution in [-0.4, -0.2) is 37.3 Å². The van der Waals surface area contributed by atoms with Crippen LogP contribution in [0.2, 0.25) is 5.02 Å². The number of thiazole rings is 1. The number of hydrogen-bond donors (Lipinski definition) is 0. The van der Waals surface area contributed by atoms with Gasteiger partial charge in [-0.05, 0) is 38.5 Å². The van der Waals surface area contributed by atoms with Crippen LogP contribution in [0.1, 0.15) is 30.1 Å². The highest BCUT2D eigenvalue weighted by Crippen LogP contribution is 2.26. The number of likely N-dealkylation sites (N-methyl/N-ethyl adjacent to an activating group) is 1.